The largest absolute Gasteiger partial charge is 1.00 e. The van der Waals surface area contributed by atoms with E-state index in [9.17, 15) is 15.2 Å². The number of nitrogens with zero attached hydrogens (tertiary/aromatic N) is 1. The van der Waals surface area contributed by atoms with Gasteiger partial charge in [-0.3, -0.25) is 16.0 Å². The molecule has 6 nitrogen and oxygen atoms in total. The van der Waals surface area contributed by atoms with Crippen molar-refractivity contribution in [1.82, 2.24) is 0 Å². The Bertz CT molecular complexity index is 358. The normalized spacial score (nSPS) is 9.00. The van der Waals surface area contributed by atoms with Crippen LogP contribution in [0.2, 0.25) is 5.02 Å². The topological polar surface area (TPSA) is 103 Å². The Balaban J connectivity index is 0.00000169. The van der Waals surface area contributed by atoms with E-state index in [0.29, 0.717) is 0 Å². The maximum atomic E-state index is 10.3. The highest BCUT2D eigenvalue weighted by Gasteiger charge is 2.14. The van der Waals surface area contributed by atoms with Gasteiger partial charge in [0.15, 0.2) is 5.75 Å². The summed E-state index contributed by atoms with van der Waals surface area (Å²) in [6.07, 6.45) is 0. The summed E-state index contributed by atoms with van der Waals surface area (Å²) < 4.78 is 0. The molecule has 0 aliphatic rings. The van der Waals surface area contributed by atoms with Crippen LogP contribution in [0.4, 0.5) is 11.4 Å². The maximum absolute atomic E-state index is 10.3. The van der Waals surface area contributed by atoms with Gasteiger partial charge in [0, 0.05) is 12.1 Å². The average Bonchev–Trinajstić information content (AvgIpc) is 2.09. The van der Waals surface area contributed by atoms with E-state index in [2.05, 4.69) is 11.3 Å². The van der Waals surface area contributed by atoms with Gasteiger partial charge in [-0.05, 0) is 0 Å². The molecule has 1 aromatic carbocycles. The minimum atomic E-state index is -0.605. The number of phenols is 1. The number of benzene rings is 1. The zero-order valence-electron chi connectivity index (χ0n) is 6.83. The monoisotopic (exact) mass is 239 g/mol. The second-order valence-corrected chi connectivity index (χ2v) is 2.66. The molecule has 0 unspecified atom stereocenters. The summed E-state index contributed by atoms with van der Waals surface area (Å²) in [7, 11) is 0. The zero-order chi connectivity index (χ0) is 10.0. The summed E-state index contributed by atoms with van der Waals surface area (Å²) in [5, 5.41) is 19.5. The molecule has 0 amide bonds. The predicted octanol–water partition coefficient (Wildman–Crippen LogP) is -2.47. The lowest BCUT2D eigenvalue weighted by Gasteiger charge is -2.02. The van der Waals surface area contributed by atoms with Crippen LogP contribution in [0.25, 0.3) is 0 Å². The molecule has 0 saturated heterocycles. The van der Waals surface area contributed by atoms with Crippen molar-refractivity contribution in [2.75, 3.05) is 5.43 Å². The van der Waals surface area contributed by atoms with Gasteiger partial charge in [-0.25, -0.2) is 5.43 Å². The average molecular weight is 240 g/mol. The number of halogens is 2. The third-order valence-electron chi connectivity index (χ3n) is 1.45. The molecule has 0 saturated carbocycles. The molecule has 0 bridgehead atoms. The van der Waals surface area contributed by atoms with E-state index in [0.717, 1.165) is 12.1 Å². The van der Waals surface area contributed by atoms with Gasteiger partial charge in [-0.1, -0.05) is 11.6 Å². The van der Waals surface area contributed by atoms with Gasteiger partial charge in [-0.15, -0.1) is 0 Å². The molecule has 0 fully saturated rings. The fourth-order valence-electron chi connectivity index (χ4n) is 0.825. The standard InChI is InChI=1S/C6H6ClN3O3.ClH/c7-4-1-3(10(12)13)2-5(9-8)6(4)11;/h1-2,9,11H,8H2;1H. The van der Waals surface area contributed by atoms with Crippen molar-refractivity contribution in [3.8, 4) is 5.75 Å². The number of nitro groups is 1. The lowest BCUT2D eigenvalue weighted by molar-refractivity contribution is -0.385. The molecule has 0 atom stereocenters. The first kappa shape index (κ1) is 12.8. The summed E-state index contributed by atoms with van der Waals surface area (Å²) in [5.74, 6) is 3.02. The number of hydrogen-bond acceptors (Lipinski definition) is 4. The summed E-state index contributed by atoms with van der Waals surface area (Å²) in [4.78, 5) is 9.74. The number of phenolic OH excluding ortho intramolecular Hbond substituents is 1. The van der Waals surface area contributed by atoms with Crippen LogP contribution in [0, 0.1) is 10.1 Å². The van der Waals surface area contributed by atoms with E-state index in [1.807, 2.05) is 0 Å². The molecule has 0 radical (unpaired) electrons. The molecule has 8 heteroatoms. The van der Waals surface area contributed by atoms with Gasteiger partial charge in [0.2, 0.25) is 0 Å². The van der Waals surface area contributed by atoms with E-state index in [-0.39, 0.29) is 34.6 Å². The van der Waals surface area contributed by atoms with Crippen molar-refractivity contribution in [1.29, 1.82) is 0 Å². The Morgan fingerprint density at radius 2 is 2.14 bits per heavy atom. The highest BCUT2D eigenvalue weighted by atomic mass is 35.5. The quantitative estimate of drug-likeness (QED) is 0.302. The number of nitrogens with one attached hydrogen (secondary N) is 1. The highest BCUT2D eigenvalue weighted by molar-refractivity contribution is 6.32. The van der Waals surface area contributed by atoms with Crippen LogP contribution in [0.15, 0.2) is 12.1 Å². The minimum Gasteiger partial charge on any atom is -1.00 e. The van der Waals surface area contributed by atoms with E-state index >= 15 is 0 Å². The van der Waals surface area contributed by atoms with Crippen molar-refractivity contribution >= 4 is 23.0 Å². The number of hydrogen-bond donors (Lipinski definition) is 3. The van der Waals surface area contributed by atoms with Gasteiger partial charge in [-0.2, -0.15) is 0 Å². The molecule has 5 N–H and O–H groups in total. The number of quaternary nitrogens is 1. The first-order chi connectivity index (χ1) is 6.06. The zero-order valence-corrected chi connectivity index (χ0v) is 8.34. The SMILES string of the molecule is [Cl-].[NH3+]Nc1cc([N+](=O)[O-])cc(Cl)c1O. The van der Waals surface area contributed by atoms with Crippen LogP contribution in [-0.2, 0) is 0 Å². The molecule has 78 valence electrons. The molecule has 0 spiro atoms. The van der Waals surface area contributed by atoms with Crippen molar-refractivity contribution < 1.29 is 28.3 Å². The van der Waals surface area contributed by atoms with Crippen LogP contribution in [0.5, 0.6) is 5.75 Å². The first-order valence-corrected chi connectivity index (χ1v) is 3.64. The summed E-state index contributed by atoms with van der Waals surface area (Å²) >= 11 is 5.52. The van der Waals surface area contributed by atoms with Crippen molar-refractivity contribution in [3.63, 3.8) is 0 Å². The fraction of sp³-hybridized carbons (Fsp3) is 0. The van der Waals surface area contributed by atoms with Gasteiger partial charge in [0.05, 0.1) is 9.95 Å². The number of non-ortho nitro benzene ring substituents is 1. The van der Waals surface area contributed by atoms with E-state index in [1.54, 1.807) is 0 Å². The Morgan fingerprint density at radius 1 is 1.57 bits per heavy atom. The Morgan fingerprint density at radius 3 is 2.57 bits per heavy atom. The van der Waals surface area contributed by atoms with Gasteiger partial charge in [0.1, 0.15) is 5.69 Å². The molecule has 0 heterocycles. The van der Waals surface area contributed by atoms with E-state index in [1.165, 1.54) is 0 Å². The Hall–Kier alpha value is -1.24. The van der Waals surface area contributed by atoms with Crippen LogP contribution in [0.1, 0.15) is 0 Å². The van der Waals surface area contributed by atoms with Gasteiger partial charge >= 0.3 is 0 Å². The third-order valence-corrected chi connectivity index (χ3v) is 1.74. The molecule has 1 rings (SSSR count). The van der Waals surface area contributed by atoms with Crippen LogP contribution >= 0.6 is 11.6 Å². The molecular formula is C6H7Cl2N3O3. The van der Waals surface area contributed by atoms with Crippen molar-refractivity contribution in [2.24, 2.45) is 0 Å². The molecule has 0 aromatic heterocycles. The number of rotatable bonds is 2. The lowest BCUT2D eigenvalue weighted by Crippen LogP contribution is -3.00. The highest BCUT2D eigenvalue weighted by Crippen LogP contribution is 2.34. The number of aromatic hydroxyl groups is 1. The van der Waals surface area contributed by atoms with Crippen molar-refractivity contribution in [3.05, 3.63) is 27.3 Å². The minimum absolute atomic E-state index is 0. The van der Waals surface area contributed by atoms with Gasteiger partial charge < -0.3 is 17.5 Å². The molecular weight excluding hydrogens is 233 g/mol. The second kappa shape index (κ2) is 4.85. The smallest absolute Gasteiger partial charge is 0.273 e. The Kier molecular flexibility index (Phi) is 4.42. The maximum Gasteiger partial charge on any atom is 0.273 e. The molecule has 0 aliphatic heterocycles. The van der Waals surface area contributed by atoms with Crippen LogP contribution < -0.4 is 23.7 Å². The lowest BCUT2D eigenvalue weighted by atomic mass is 10.2. The second-order valence-electron chi connectivity index (χ2n) is 2.26. The number of anilines is 1. The third kappa shape index (κ3) is 2.38. The van der Waals surface area contributed by atoms with Crippen molar-refractivity contribution in [2.45, 2.75) is 0 Å². The van der Waals surface area contributed by atoms with Crippen LogP contribution in [-0.4, -0.2) is 10.0 Å². The predicted molar refractivity (Wildman–Crippen MR) is 46.3 cm³/mol. The Labute approximate surface area is 90.2 Å². The van der Waals surface area contributed by atoms with E-state index < -0.39 is 4.92 Å². The van der Waals surface area contributed by atoms with Gasteiger partial charge in [0.25, 0.3) is 5.69 Å². The summed E-state index contributed by atoms with van der Waals surface area (Å²) in [6.45, 7) is 0. The van der Waals surface area contributed by atoms with Crippen LogP contribution in [0.3, 0.4) is 0 Å². The summed E-state index contributed by atoms with van der Waals surface area (Å²) in [5.41, 5.74) is 2.27. The first-order valence-electron chi connectivity index (χ1n) is 3.26. The number of nitro benzene ring substituents is 1. The summed E-state index contributed by atoms with van der Waals surface area (Å²) in [6, 6.07) is 2.21. The fourth-order valence-corrected chi connectivity index (χ4v) is 1.04. The molecule has 0 aliphatic carbocycles. The van der Waals surface area contributed by atoms with E-state index in [4.69, 9.17) is 11.6 Å². The molecule has 1 aromatic rings. The molecule has 14 heavy (non-hydrogen) atoms.